The molecule has 4 nitrogen and oxygen atoms in total. The Balaban J connectivity index is 2.66. The van der Waals surface area contributed by atoms with Crippen molar-refractivity contribution >= 4 is 11.8 Å². The Morgan fingerprint density at radius 2 is 2.12 bits per heavy atom. The van der Waals surface area contributed by atoms with Crippen molar-refractivity contribution in [2.75, 3.05) is 23.7 Å². The van der Waals surface area contributed by atoms with E-state index < -0.39 is 5.82 Å². The molecular weight excluding hydrogens is 207 g/mol. The zero-order valence-electron chi connectivity index (χ0n) is 10.0. The summed E-state index contributed by atoms with van der Waals surface area (Å²) in [5.74, 6) is 0.765. The second-order valence-electron chi connectivity index (χ2n) is 4.09. The van der Waals surface area contributed by atoms with Gasteiger partial charge >= 0.3 is 0 Å². The summed E-state index contributed by atoms with van der Waals surface area (Å²) in [6, 6.07) is 0. The highest BCUT2D eigenvalue weighted by Gasteiger charge is 2.06. The summed E-state index contributed by atoms with van der Waals surface area (Å²) in [5, 5.41) is 5.98. The number of hydrogen-bond donors (Lipinski definition) is 2. The van der Waals surface area contributed by atoms with Crippen LogP contribution in [0.3, 0.4) is 0 Å². The first kappa shape index (κ1) is 12.7. The number of halogens is 1. The molecule has 0 saturated heterocycles. The van der Waals surface area contributed by atoms with Crippen LogP contribution >= 0.6 is 0 Å². The van der Waals surface area contributed by atoms with E-state index in [0.29, 0.717) is 18.4 Å². The average Bonchev–Trinajstić information content (AvgIpc) is 2.26. The highest BCUT2D eigenvalue weighted by Crippen LogP contribution is 2.12. The third-order valence-corrected chi connectivity index (χ3v) is 1.95. The predicted octanol–water partition coefficient (Wildman–Crippen LogP) is 2.51. The van der Waals surface area contributed by atoms with Crippen LogP contribution in [0.5, 0.6) is 0 Å². The van der Waals surface area contributed by atoms with Gasteiger partial charge in [-0.15, -0.1) is 0 Å². The quantitative estimate of drug-likeness (QED) is 0.782. The van der Waals surface area contributed by atoms with Crippen molar-refractivity contribution in [3.05, 3.63) is 12.0 Å². The maximum absolute atomic E-state index is 13.3. The summed E-state index contributed by atoms with van der Waals surface area (Å²) in [7, 11) is 0. The molecule has 0 aromatic carbocycles. The lowest BCUT2D eigenvalue weighted by Crippen LogP contribution is -2.13. The first-order valence-corrected chi connectivity index (χ1v) is 5.63. The van der Waals surface area contributed by atoms with Crippen LogP contribution in [0.15, 0.2) is 6.20 Å². The number of rotatable bonds is 6. The molecule has 0 aliphatic carbocycles. The van der Waals surface area contributed by atoms with E-state index >= 15 is 0 Å². The third kappa shape index (κ3) is 4.00. The van der Waals surface area contributed by atoms with Crippen molar-refractivity contribution in [1.82, 2.24) is 9.97 Å². The summed E-state index contributed by atoms with van der Waals surface area (Å²) in [6.45, 7) is 7.65. The van der Waals surface area contributed by atoms with Crippen molar-refractivity contribution in [1.29, 1.82) is 0 Å². The second kappa shape index (κ2) is 6.25. The van der Waals surface area contributed by atoms with Crippen LogP contribution in [0.1, 0.15) is 27.2 Å². The van der Waals surface area contributed by atoms with Gasteiger partial charge in [-0.1, -0.05) is 20.8 Å². The van der Waals surface area contributed by atoms with Gasteiger partial charge in [-0.3, -0.25) is 0 Å². The van der Waals surface area contributed by atoms with Gasteiger partial charge in [-0.05, 0) is 12.3 Å². The molecule has 0 aliphatic rings. The Morgan fingerprint density at radius 3 is 2.75 bits per heavy atom. The van der Waals surface area contributed by atoms with E-state index in [1.165, 1.54) is 6.20 Å². The molecular formula is C11H19FN4. The average molecular weight is 226 g/mol. The molecule has 0 saturated carbocycles. The Kier molecular flexibility index (Phi) is 4.95. The minimum absolute atomic E-state index is 0.266. The fraction of sp³-hybridized carbons (Fsp3) is 0.636. The first-order chi connectivity index (χ1) is 7.63. The standard InChI is InChI=1S/C11H19FN4/c1-4-5-13-11-15-7-9(12)10(16-11)14-6-8(2)3/h7-8H,4-6H2,1-3H3,(H2,13,14,15,16). The highest BCUT2D eigenvalue weighted by molar-refractivity contribution is 5.40. The minimum Gasteiger partial charge on any atom is -0.367 e. The van der Waals surface area contributed by atoms with Crippen LogP contribution in [0, 0.1) is 11.7 Å². The minimum atomic E-state index is -0.414. The van der Waals surface area contributed by atoms with Gasteiger partial charge in [0.15, 0.2) is 11.6 Å². The Bertz CT molecular complexity index is 328. The van der Waals surface area contributed by atoms with Gasteiger partial charge in [0.1, 0.15) is 0 Å². The maximum Gasteiger partial charge on any atom is 0.224 e. The molecule has 0 unspecified atom stereocenters. The van der Waals surface area contributed by atoms with Crippen LogP contribution in [0.2, 0.25) is 0 Å². The van der Waals surface area contributed by atoms with Gasteiger partial charge < -0.3 is 10.6 Å². The SMILES string of the molecule is CCCNc1ncc(F)c(NCC(C)C)n1. The Labute approximate surface area is 95.7 Å². The largest absolute Gasteiger partial charge is 0.367 e. The van der Waals surface area contributed by atoms with Gasteiger partial charge in [0.05, 0.1) is 6.20 Å². The summed E-state index contributed by atoms with van der Waals surface area (Å²) in [6.07, 6.45) is 2.17. The number of anilines is 2. The van der Waals surface area contributed by atoms with E-state index in [-0.39, 0.29) is 5.82 Å². The van der Waals surface area contributed by atoms with E-state index in [9.17, 15) is 4.39 Å². The molecule has 0 fully saturated rings. The summed E-state index contributed by atoms with van der Waals surface area (Å²) < 4.78 is 13.3. The van der Waals surface area contributed by atoms with Crippen LogP contribution < -0.4 is 10.6 Å². The zero-order valence-corrected chi connectivity index (χ0v) is 10.0. The lowest BCUT2D eigenvalue weighted by Gasteiger charge is -2.10. The number of nitrogens with one attached hydrogen (secondary N) is 2. The van der Waals surface area contributed by atoms with E-state index in [2.05, 4.69) is 41.4 Å². The van der Waals surface area contributed by atoms with Crippen molar-refractivity contribution in [2.45, 2.75) is 27.2 Å². The molecule has 0 bridgehead atoms. The lowest BCUT2D eigenvalue weighted by molar-refractivity contribution is 0.611. The Hall–Kier alpha value is -1.39. The van der Waals surface area contributed by atoms with Crippen molar-refractivity contribution < 1.29 is 4.39 Å². The number of hydrogen-bond acceptors (Lipinski definition) is 4. The van der Waals surface area contributed by atoms with Gasteiger partial charge in [0, 0.05) is 13.1 Å². The van der Waals surface area contributed by atoms with Crippen LogP contribution in [-0.2, 0) is 0 Å². The predicted molar refractivity (Wildman–Crippen MR) is 64.1 cm³/mol. The van der Waals surface area contributed by atoms with Gasteiger partial charge in [0.2, 0.25) is 5.95 Å². The second-order valence-corrected chi connectivity index (χ2v) is 4.09. The molecule has 90 valence electrons. The smallest absolute Gasteiger partial charge is 0.224 e. The topological polar surface area (TPSA) is 49.8 Å². The molecule has 16 heavy (non-hydrogen) atoms. The van der Waals surface area contributed by atoms with Gasteiger partial charge in [0.25, 0.3) is 0 Å². The van der Waals surface area contributed by atoms with Crippen molar-refractivity contribution in [3.8, 4) is 0 Å². The van der Waals surface area contributed by atoms with E-state index in [1.54, 1.807) is 0 Å². The van der Waals surface area contributed by atoms with Crippen molar-refractivity contribution in [3.63, 3.8) is 0 Å². The van der Waals surface area contributed by atoms with Gasteiger partial charge in [-0.2, -0.15) is 4.98 Å². The fourth-order valence-electron chi connectivity index (χ4n) is 1.11. The molecule has 0 amide bonds. The third-order valence-electron chi connectivity index (χ3n) is 1.95. The number of nitrogens with zero attached hydrogens (tertiary/aromatic N) is 2. The normalized spacial score (nSPS) is 10.6. The molecule has 0 radical (unpaired) electrons. The number of aromatic nitrogens is 2. The molecule has 1 rings (SSSR count). The van der Waals surface area contributed by atoms with Crippen LogP contribution in [-0.4, -0.2) is 23.1 Å². The molecule has 2 N–H and O–H groups in total. The summed E-state index contributed by atoms with van der Waals surface area (Å²) in [4.78, 5) is 7.94. The van der Waals surface area contributed by atoms with E-state index in [1.807, 2.05) is 0 Å². The lowest BCUT2D eigenvalue weighted by atomic mass is 10.2. The molecule has 1 aromatic rings. The zero-order chi connectivity index (χ0) is 12.0. The summed E-state index contributed by atoms with van der Waals surface area (Å²) >= 11 is 0. The first-order valence-electron chi connectivity index (χ1n) is 5.63. The maximum atomic E-state index is 13.3. The molecule has 0 atom stereocenters. The molecule has 0 spiro atoms. The molecule has 5 heteroatoms. The van der Waals surface area contributed by atoms with Crippen LogP contribution in [0.25, 0.3) is 0 Å². The Morgan fingerprint density at radius 1 is 1.38 bits per heavy atom. The highest BCUT2D eigenvalue weighted by atomic mass is 19.1. The molecule has 1 aromatic heterocycles. The van der Waals surface area contributed by atoms with E-state index in [0.717, 1.165) is 13.0 Å². The fourth-order valence-corrected chi connectivity index (χ4v) is 1.11. The van der Waals surface area contributed by atoms with Crippen molar-refractivity contribution in [2.24, 2.45) is 5.92 Å². The molecule has 0 aliphatic heterocycles. The monoisotopic (exact) mass is 226 g/mol. The van der Waals surface area contributed by atoms with E-state index in [4.69, 9.17) is 0 Å². The van der Waals surface area contributed by atoms with Gasteiger partial charge in [-0.25, -0.2) is 9.37 Å². The van der Waals surface area contributed by atoms with Crippen LogP contribution in [0.4, 0.5) is 16.2 Å². The summed E-state index contributed by atoms with van der Waals surface area (Å²) in [5.41, 5.74) is 0. The molecule has 1 heterocycles.